The molecule has 1 N–H and O–H groups in total. The molecule has 0 unspecified atom stereocenters. The summed E-state index contributed by atoms with van der Waals surface area (Å²) >= 11 is 0. The molecule has 1 aromatic heterocycles. The van der Waals surface area contributed by atoms with Crippen molar-refractivity contribution in [2.75, 3.05) is 18.0 Å². The lowest BCUT2D eigenvalue weighted by molar-refractivity contribution is 0.0947. The first-order chi connectivity index (χ1) is 12.8. The van der Waals surface area contributed by atoms with Crippen molar-refractivity contribution in [2.45, 2.75) is 25.8 Å². The quantitative estimate of drug-likeness (QED) is 0.785. The molecule has 0 spiro atoms. The van der Waals surface area contributed by atoms with Gasteiger partial charge >= 0.3 is 0 Å². The fourth-order valence-corrected chi connectivity index (χ4v) is 3.46. The van der Waals surface area contributed by atoms with Crippen LogP contribution in [-0.2, 0) is 6.54 Å². The summed E-state index contributed by atoms with van der Waals surface area (Å²) in [5, 5.41) is 13.5. The van der Waals surface area contributed by atoms with Gasteiger partial charge in [0.25, 0.3) is 5.91 Å². The van der Waals surface area contributed by atoms with E-state index in [9.17, 15) is 4.79 Å². The minimum Gasteiger partial charge on any atom is -0.355 e. The lowest BCUT2D eigenvalue weighted by atomic mass is 10.1. The summed E-state index contributed by atoms with van der Waals surface area (Å²) in [4.78, 5) is 15.0. The van der Waals surface area contributed by atoms with Gasteiger partial charge in [0, 0.05) is 30.4 Å². The van der Waals surface area contributed by atoms with Crippen LogP contribution in [0, 0.1) is 0 Å². The van der Waals surface area contributed by atoms with Gasteiger partial charge in [-0.2, -0.15) is 0 Å². The van der Waals surface area contributed by atoms with Gasteiger partial charge in [-0.15, -0.1) is 10.2 Å². The number of anilines is 1. The summed E-state index contributed by atoms with van der Waals surface area (Å²) in [5.41, 5.74) is 1.44. The van der Waals surface area contributed by atoms with Crippen LogP contribution >= 0.6 is 0 Å². The number of aromatic nitrogens is 2. The average molecular weight is 346 g/mol. The van der Waals surface area contributed by atoms with Crippen molar-refractivity contribution in [3.8, 4) is 0 Å². The summed E-state index contributed by atoms with van der Waals surface area (Å²) in [6, 6.07) is 17.8. The Morgan fingerprint density at radius 3 is 2.35 bits per heavy atom. The zero-order chi connectivity index (χ0) is 17.8. The zero-order valence-electron chi connectivity index (χ0n) is 14.7. The zero-order valence-corrected chi connectivity index (χ0v) is 14.7. The van der Waals surface area contributed by atoms with Crippen LogP contribution in [0.5, 0.6) is 0 Å². The Hall–Kier alpha value is -2.95. The summed E-state index contributed by atoms with van der Waals surface area (Å²) in [7, 11) is 0. The van der Waals surface area contributed by atoms with Crippen LogP contribution in [0.15, 0.2) is 54.6 Å². The number of rotatable bonds is 4. The molecule has 0 bridgehead atoms. The molecule has 1 saturated heterocycles. The standard InChI is InChI=1S/C21H22N4O/c26-21(22-15-16-9-3-1-4-10-16)19-17-11-5-6-12-18(17)20(24-23-19)25-13-7-2-8-14-25/h1,3-6,9-12H,2,7-8,13-15H2,(H,22,26). The van der Waals surface area contributed by atoms with Crippen LogP contribution in [0.2, 0.25) is 0 Å². The molecule has 1 fully saturated rings. The number of nitrogens with one attached hydrogen (secondary N) is 1. The maximum atomic E-state index is 12.7. The molecular formula is C21H22N4O. The highest BCUT2D eigenvalue weighted by molar-refractivity contribution is 6.07. The van der Waals surface area contributed by atoms with E-state index in [0.717, 1.165) is 35.2 Å². The van der Waals surface area contributed by atoms with E-state index in [1.807, 2.05) is 54.6 Å². The first-order valence-corrected chi connectivity index (χ1v) is 9.15. The van der Waals surface area contributed by atoms with Crippen molar-refractivity contribution in [1.29, 1.82) is 0 Å². The molecule has 0 aliphatic carbocycles. The lowest BCUT2D eigenvalue weighted by Crippen LogP contribution is -2.31. The predicted octanol–water partition coefficient (Wildman–Crippen LogP) is 3.55. The summed E-state index contributed by atoms with van der Waals surface area (Å²) in [6.45, 7) is 2.47. The topological polar surface area (TPSA) is 58.1 Å². The van der Waals surface area contributed by atoms with Gasteiger partial charge < -0.3 is 10.2 Å². The second-order valence-electron chi connectivity index (χ2n) is 6.63. The molecule has 5 heteroatoms. The molecule has 1 aliphatic heterocycles. The number of amides is 1. The molecule has 132 valence electrons. The van der Waals surface area contributed by atoms with Gasteiger partial charge in [0.05, 0.1) is 0 Å². The molecule has 1 aliphatic rings. The van der Waals surface area contributed by atoms with Gasteiger partial charge in [-0.05, 0) is 24.8 Å². The van der Waals surface area contributed by atoms with Gasteiger partial charge in [0.15, 0.2) is 11.5 Å². The molecule has 0 radical (unpaired) electrons. The van der Waals surface area contributed by atoms with Gasteiger partial charge in [-0.1, -0.05) is 54.6 Å². The van der Waals surface area contributed by atoms with Crippen LogP contribution in [0.25, 0.3) is 10.8 Å². The van der Waals surface area contributed by atoms with Crippen molar-refractivity contribution in [2.24, 2.45) is 0 Å². The molecule has 2 heterocycles. The summed E-state index contributed by atoms with van der Waals surface area (Å²) in [6.07, 6.45) is 3.62. The maximum Gasteiger partial charge on any atom is 0.272 e. The van der Waals surface area contributed by atoms with E-state index in [2.05, 4.69) is 20.4 Å². The minimum atomic E-state index is -0.192. The van der Waals surface area contributed by atoms with Gasteiger partial charge in [0.1, 0.15) is 0 Å². The Kier molecular flexibility index (Phi) is 4.78. The van der Waals surface area contributed by atoms with E-state index < -0.39 is 0 Å². The Balaban J connectivity index is 1.62. The number of nitrogens with zero attached hydrogens (tertiary/aromatic N) is 3. The summed E-state index contributed by atoms with van der Waals surface area (Å²) in [5.74, 6) is 0.697. The van der Waals surface area contributed by atoms with Crippen LogP contribution in [0.4, 0.5) is 5.82 Å². The Morgan fingerprint density at radius 2 is 1.58 bits per heavy atom. The maximum absolute atomic E-state index is 12.7. The molecule has 3 aromatic rings. The monoisotopic (exact) mass is 346 g/mol. The first kappa shape index (κ1) is 16.5. The molecule has 26 heavy (non-hydrogen) atoms. The molecular weight excluding hydrogens is 324 g/mol. The Morgan fingerprint density at radius 1 is 0.885 bits per heavy atom. The Labute approximate surface area is 153 Å². The highest BCUT2D eigenvalue weighted by Gasteiger charge is 2.19. The van der Waals surface area contributed by atoms with Crippen LogP contribution < -0.4 is 10.2 Å². The van der Waals surface area contributed by atoms with Gasteiger partial charge in [0.2, 0.25) is 0 Å². The number of piperidine rings is 1. The van der Waals surface area contributed by atoms with Crippen molar-refractivity contribution >= 4 is 22.5 Å². The van der Waals surface area contributed by atoms with Crippen molar-refractivity contribution in [3.63, 3.8) is 0 Å². The molecule has 1 amide bonds. The van der Waals surface area contributed by atoms with Crippen molar-refractivity contribution < 1.29 is 4.79 Å². The highest BCUT2D eigenvalue weighted by atomic mass is 16.1. The number of carbonyl (C=O) groups excluding carboxylic acids is 1. The number of hydrogen-bond donors (Lipinski definition) is 1. The van der Waals surface area contributed by atoms with Crippen molar-refractivity contribution in [3.05, 3.63) is 65.9 Å². The SMILES string of the molecule is O=C(NCc1ccccc1)c1nnc(N2CCCCC2)c2ccccc12. The fraction of sp³-hybridized carbons (Fsp3) is 0.286. The van der Waals surface area contributed by atoms with E-state index in [-0.39, 0.29) is 5.91 Å². The number of carbonyl (C=O) groups is 1. The minimum absolute atomic E-state index is 0.192. The molecule has 4 rings (SSSR count). The van der Waals surface area contributed by atoms with Crippen LogP contribution in [0.3, 0.4) is 0 Å². The average Bonchev–Trinajstić information content (AvgIpc) is 2.72. The molecule has 5 nitrogen and oxygen atoms in total. The van der Waals surface area contributed by atoms with E-state index >= 15 is 0 Å². The fourth-order valence-electron chi connectivity index (χ4n) is 3.46. The third-order valence-electron chi connectivity index (χ3n) is 4.83. The van der Waals surface area contributed by atoms with E-state index in [1.54, 1.807) is 0 Å². The molecule has 0 atom stereocenters. The second kappa shape index (κ2) is 7.52. The first-order valence-electron chi connectivity index (χ1n) is 9.15. The molecule has 0 saturated carbocycles. The van der Waals surface area contributed by atoms with Crippen LogP contribution in [-0.4, -0.2) is 29.2 Å². The lowest BCUT2D eigenvalue weighted by Gasteiger charge is -2.28. The smallest absolute Gasteiger partial charge is 0.272 e. The normalized spacial score (nSPS) is 14.4. The molecule has 2 aromatic carbocycles. The largest absolute Gasteiger partial charge is 0.355 e. The predicted molar refractivity (Wildman–Crippen MR) is 103 cm³/mol. The van der Waals surface area contributed by atoms with E-state index in [4.69, 9.17) is 0 Å². The highest BCUT2D eigenvalue weighted by Crippen LogP contribution is 2.27. The van der Waals surface area contributed by atoms with E-state index in [1.165, 1.54) is 19.3 Å². The number of fused-ring (bicyclic) bond motifs is 1. The summed E-state index contributed by atoms with van der Waals surface area (Å²) < 4.78 is 0. The van der Waals surface area contributed by atoms with E-state index in [0.29, 0.717) is 12.2 Å². The van der Waals surface area contributed by atoms with Gasteiger partial charge in [-0.3, -0.25) is 4.79 Å². The second-order valence-corrected chi connectivity index (χ2v) is 6.63. The Bertz CT molecular complexity index is 904. The van der Waals surface area contributed by atoms with Crippen molar-refractivity contribution in [1.82, 2.24) is 15.5 Å². The van der Waals surface area contributed by atoms with Crippen LogP contribution in [0.1, 0.15) is 35.3 Å². The third-order valence-corrected chi connectivity index (χ3v) is 4.83. The van der Waals surface area contributed by atoms with Gasteiger partial charge in [-0.25, -0.2) is 0 Å². The number of hydrogen-bond acceptors (Lipinski definition) is 4. The third kappa shape index (κ3) is 3.38. The number of benzene rings is 2.